The van der Waals surface area contributed by atoms with Crippen molar-refractivity contribution in [3.05, 3.63) is 0 Å². The van der Waals surface area contributed by atoms with Crippen LogP contribution in [0.2, 0.25) is 0 Å². The molecule has 0 amide bonds. The summed E-state index contributed by atoms with van der Waals surface area (Å²) in [5.74, 6) is 4.03. The molecule has 3 atom stereocenters. The largest absolute Gasteiger partial charge is 0.459 e. The minimum atomic E-state index is -0.769. The van der Waals surface area contributed by atoms with Crippen LogP contribution in [0.4, 0.5) is 0 Å². The third kappa shape index (κ3) is 2.42. The van der Waals surface area contributed by atoms with E-state index in [-0.39, 0.29) is 11.0 Å². The maximum atomic E-state index is 11.4. The molecule has 1 aliphatic carbocycles. The molecule has 0 unspecified atom stereocenters. The van der Waals surface area contributed by atoms with Gasteiger partial charge in [0.2, 0.25) is 0 Å². The molecule has 0 N–H and O–H groups in total. The molecule has 1 aliphatic heterocycles. The Balaban J connectivity index is 2.37. The van der Waals surface area contributed by atoms with Gasteiger partial charge in [-0.3, -0.25) is 4.79 Å². The summed E-state index contributed by atoms with van der Waals surface area (Å²) >= 11 is 0. The molecule has 5 heteroatoms. The minimum absolute atomic E-state index is 0.190. The molecule has 0 radical (unpaired) electrons. The number of hydrogen-bond donors (Lipinski definition) is 0. The van der Waals surface area contributed by atoms with E-state index in [2.05, 4.69) is 30.4 Å². The Morgan fingerprint density at radius 3 is 2.43 bits per heavy atom. The lowest BCUT2D eigenvalue weighted by Crippen LogP contribution is -2.51. The second-order valence-electron chi connectivity index (χ2n) is 6.56. The molecule has 0 aromatic carbocycles. The minimum Gasteiger partial charge on any atom is -0.459 e. The summed E-state index contributed by atoms with van der Waals surface area (Å²) in [7, 11) is 1.26. The van der Waals surface area contributed by atoms with E-state index in [1.807, 2.05) is 6.92 Å². The number of hydrogen-bond acceptors (Lipinski definition) is 5. The van der Waals surface area contributed by atoms with Gasteiger partial charge in [-0.05, 0) is 32.1 Å². The molecule has 5 nitrogen and oxygen atoms in total. The predicted octanol–water partition coefficient (Wildman–Crippen LogP) is 1.83. The molecule has 0 aromatic heterocycles. The molecule has 0 bridgehead atoms. The molecular formula is C16H22O5. The molecule has 2 aliphatic rings. The monoisotopic (exact) mass is 294 g/mol. The quantitative estimate of drug-likeness (QED) is 0.336. The van der Waals surface area contributed by atoms with Crippen molar-refractivity contribution in [2.75, 3.05) is 7.11 Å². The number of methoxy groups -OCH3 is 1. The van der Waals surface area contributed by atoms with Crippen LogP contribution in [0.5, 0.6) is 0 Å². The average molecular weight is 294 g/mol. The first kappa shape index (κ1) is 15.8. The highest BCUT2D eigenvalue weighted by molar-refractivity contribution is 5.88. The van der Waals surface area contributed by atoms with Crippen LogP contribution in [0.3, 0.4) is 0 Å². The van der Waals surface area contributed by atoms with E-state index in [0.29, 0.717) is 0 Å². The van der Waals surface area contributed by atoms with Crippen LogP contribution in [0.15, 0.2) is 0 Å². The van der Waals surface area contributed by atoms with Crippen LogP contribution in [0, 0.1) is 17.3 Å². The van der Waals surface area contributed by atoms with Crippen molar-refractivity contribution in [3.63, 3.8) is 0 Å². The lowest BCUT2D eigenvalue weighted by molar-refractivity contribution is -0.149. The normalized spacial score (nSPS) is 33.8. The topological polar surface area (TPSA) is 65.1 Å². The Labute approximate surface area is 125 Å². The van der Waals surface area contributed by atoms with Crippen LogP contribution in [0.1, 0.15) is 47.0 Å². The van der Waals surface area contributed by atoms with Crippen LogP contribution < -0.4 is 0 Å². The Morgan fingerprint density at radius 1 is 1.24 bits per heavy atom. The summed E-state index contributed by atoms with van der Waals surface area (Å²) in [4.78, 5) is 22.7. The van der Waals surface area contributed by atoms with Gasteiger partial charge in [0.05, 0.1) is 7.11 Å². The maximum Gasteiger partial charge on any atom is 0.384 e. The first-order chi connectivity index (χ1) is 9.68. The van der Waals surface area contributed by atoms with Gasteiger partial charge in [-0.25, -0.2) is 4.79 Å². The third-order valence-corrected chi connectivity index (χ3v) is 4.74. The fourth-order valence-corrected chi connectivity index (χ4v) is 3.72. The zero-order chi connectivity index (χ0) is 15.9. The number of rotatable bonds is 2. The lowest BCUT2D eigenvalue weighted by atomic mass is 9.62. The van der Waals surface area contributed by atoms with Gasteiger partial charge in [0, 0.05) is 18.3 Å². The number of carbonyl (C=O) groups is 2. The summed E-state index contributed by atoms with van der Waals surface area (Å²) in [5, 5.41) is 0. The van der Waals surface area contributed by atoms with E-state index in [1.54, 1.807) is 0 Å². The molecule has 0 aromatic rings. The summed E-state index contributed by atoms with van der Waals surface area (Å²) in [6.45, 7) is 7.53. The second kappa shape index (κ2) is 5.03. The number of fused-ring (bicyclic) bond motifs is 1. The predicted molar refractivity (Wildman–Crippen MR) is 75.2 cm³/mol. The van der Waals surface area contributed by atoms with E-state index in [0.717, 1.165) is 19.3 Å². The van der Waals surface area contributed by atoms with Gasteiger partial charge in [-0.2, -0.15) is 0 Å². The third-order valence-electron chi connectivity index (χ3n) is 4.74. The highest BCUT2D eigenvalue weighted by Crippen LogP contribution is 2.67. The average Bonchev–Trinajstić information content (AvgIpc) is 3.02. The number of esters is 2. The summed E-state index contributed by atoms with van der Waals surface area (Å²) < 4.78 is 16.0. The van der Waals surface area contributed by atoms with Crippen LogP contribution in [0.25, 0.3) is 0 Å². The van der Waals surface area contributed by atoms with Gasteiger partial charge in [-0.15, -0.1) is 0 Å². The standard InChI is InChI=1S/C16H22O5/c1-11(17)20-12(7-8-13(18)19-5)16-14(2,3)9-6-10-15(16,4)21-16/h12H,6,9-10H2,1-5H3/t12-,15+,16-/m0/s1. The Hall–Kier alpha value is -1.54. The maximum absolute atomic E-state index is 11.4. The van der Waals surface area contributed by atoms with Crippen molar-refractivity contribution in [3.8, 4) is 11.8 Å². The van der Waals surface area contributed by atoms with E-state index in [9.17, 15) is 9.59 Å². The Kier molecular flexibility index (Phi) is 3.79. The fraction of sp³-hybridized carbons (Fsp3) is 0.750. The van der Waals surface area contributed by atoms with Gasteiger partial charge in [0.1, 0.15) is 5.60 Å². The summed E-state index contributed by atoms with van der Waals surface area (Å²) in [6, 6.07) is 0. The molecule has 0 spiro atoms. The fourth-order valence-electron chi connectivity index (χ4n) is 3.72. The first-order valence-electron chi connectivity index (χ1n) is 7.15. The second-order valence-corrected chi connectivity index (χ2v) is 6.56. The molecular weight excluding hydrogens is 272 g/mol. The summed E-state index contributed by atoms with van der Waals surface area (Å²) in [5.41, 5.74) is -1.21. The van der Waals surface area contributed by atoms with E-state index in [4.69, 9.17) is 9.47 Å². The molecule has 116 valence electrons. The van der Waals surface area contributed by atoms with E-state index >= 15 is 0 Å². The van der Waals surface area contributed by atoms with E-state index < -0.39 is 23.6 Å². The van der Waals surface area contributed by atoms with Crippen molar-refractivity contribution < 1.29 is 23.8 Å². The smallest absolute Gasteiger partial charge is 0.384 e. The zero-order valence-corrected chi connectivity index (χ0v) is 13.2. The van der Waals surface area contributed by atoms with Gasteiger partial charge < -0.3 is 14.2 Å². The van der Waals surface area contributed by atoms with Gasteiger partial charge in [0.15, 0.2) is 11.7 Å². The molecule has 21 heavy (non-hydrogen) atoms. The van der Waals surface area contributed by atoms with Gasteiger partial charge >= 0.3 is 11.9 Å². The highest BCUT2D eigenvalue weighted by Gasteiger charge is 2.78. The van der Waals surface area contributed by atoms with Crippen molar-refractivity contribution in [1.29, 1.82) is 0 Å². The molecule has 1 heterocycles. The van der Waals surface area contributed by atoms with Gasteiger partial charge in [0.25, 0.3) is 0 Å². The van der Waals surface area contributed by atoms with Crippen LogP contribution in [-0.2, 0) is 23.8 Å². The number of carbonyl (C=O) groups excluding carboxylic acids is 2. The van der Waals surface area contributed by atoms with E-state index in [1.165, 1.54) is 14.0 Å². The SMILES string of the molecule is COC(=O)C#C[C@H](OC(C)=O)[C@@]12O[C@]1(C)CCCC2(C)C. The highest BCUT2D eigenvalue weighted by atomic mass is 16.7. The zero-order valence-electron chi connectivity index (χ0n) is 13.2. The molecule has 1 saturated carbocycles. The first-order valence-corrected chi connectivity index (χ1v) is 7.15. The number of epoxide rings is 1. The van der Waals surface area contributed by atoms with Crippen molar-refractivity contribution in [2.45, 2.75) is 64.3 Å². The van der Waals surface area contributed by atoms with Crippen molar-refractivity contribution >= 4 is 11.9 Å². The lowest BCUT2D eigenvalue weighted by Gasteiger charge is -2.40. The van der Waals surface area contributed by atoms with Crippen molar-refractivity contribution in [1.82, 2.24) is 0 Å². The molecule has 2 rings (SSSR count). The van der Waals surface area contributed by atoms with Crippen LogP contribution >= 0.6 is 0 Å². The van der Waals surface area contributed by atoms with Crippen molar-refractivity contribution in [2.24, 2.45) is 5.41 Å². The Morgan fingerprint density at radius 2 is 1.90 bits per heavy atom. The summed E-state index contributed by atoms with van der Waals surface area (Å²) in [6.07, 6.45) is 2.14. The molecule has 1 saturated heterocycles. The number of ether oxygens (including phenoxy) is 3. The van der Waals surface area contributed by atoms with Crippen LogP contribution in [-0.4, -0.2) is 36.4 Å². The van der Waals surface area contributed by atoms with Gasteiger partial charge in [-0.1, -0.05) is 13.8 Å². The molecule has 2 fully saturated rings. The Bertz CT molecular complexity index is 527.